The molecule has 33 heavy (non-hydrogen) atoms. The summed E-state index contributed by atoms with van der Waals surface area (Å²) in [5.74, 6) is -0.301. The van der Waals surface area contributed by atoms with Crippen molar-refractivity contribution in [3.8, 4) is 17.1 Å². The third kappa shape index (κ3) is 6.80. The van der Waals surface area contributed by atoms with Crippen LogP contribution in [0.5, 0.6) is 5.75 Å². The van der Waals surface area contributed by atoms with E-state index in [1.54, 1.807) is 37.6 Å². The summed E-state index contributed by atoms with van der Waals surface area (Å²) in [7, 11) is 1.65. The van der Waals surface area contributed by atoms with Gasteiger partial charge in [0.2, 0.25) is 0 Å². The van der Waals surface area contributed by atoms with Crippen molar-refractivity contribution in [2.75, 3.05) is 13.7 Å². The van der Waals surface area contributed by atoms with Gasteiger partial charge in [0.1, 0.15) is 23.9 Å². The van der Waals surface area contributed by atoms with E-state index in [1.165, 1.54) is 23.1 Å². The number of carboxylic acids is 1. The fourth-order valence-electron chi connectivity index (χ4n) is 3.26. The molecule has 1 amide bonds. The Bertz CT molecular complexity index is 1120. The summed E-state index contributed by atoms with van der Waals surface area (Å²) in [5.41, 5.74) is 2.80. The largest absolute Gasteiger partial charge is 0.489 e. The van der Waals surface area contributed by atoms with Crippen LogP contribution in [0.1, 0.15) is 35.7 Å². The number of aliphatic carboxylic acids is 1. The molecule has 1 aromatic heterocycles. The van der Waals surface area contributed by atoms with Gasteiger partial charge in [0.15, 0.2) is 0 Å². The van der Waals surface area contributed by atoms with Crippen LogP contribution >= 0.6 is 0 Å². The number of hydrogen-bond acceptors (Lipinski definition) is 4. The molecule has 6 nitrogen and oxygen atoms in total. The molecule has 1 heterocycles. The fraction of sp³-hybridized carbons (Fsp3) is 0.231. The van der Waals surface area contributed by atoms with Gasteiger partial charge in [-0.25, -0.2) is 4.39 Å². The fourth-order valence-corrected chi connectivity index (χ4v) is 3.26. The summed E-state index contributed by atoms with van der Waals surface area (Å²) < 4.78 is 25.0. The molecule has 3 rings (SSSR count). The van der Waals surface area contributed by atoms with Crippen LogP contribution in [0.3, 0.4) is 0 Å². The molecule has 0 aliphatic rings. The number of allylic oxidation sites excluding steroid dienone is 1. The number of carbonyl (C=O) groups excluding carboxylic acids is 1. The van der Waals surface area contributed by atoms with Crippen LogP contribution in [-0.4, -0.2) is 35.5 Å². The molecule has 0 radical (unpaired) electrons. The molecule has 172 valence electrons. The zero-order chi connectivity index (χ0) is 23.8. The molecule has 0 fully saturated rings. The quantitative estimate of drug-likeness (QED) is 0.409. The third-order valence-corrected chi connectivity index (χ3v) is 5.12. The first-order valence-electron chi connectivity index (χ1n) is 10.5. The number of carboxylic acid groups (broad SMARTS) is 1. The molecule has 2 aromatic carbocycles. The van der Waals surface area contributed by atoms with E-state index in [4.69, 9.17) is 14.3 Å². The van der Waals surface area contributed by atoms with Crippen molar-refractivity contribution in [1.82, 2.24) is 4.90 Å². The number of hydrogen-bond donors (Lipinski definition) is 1. The highest BCUT2D eigenvalue weighted by Crippen LogP contribution is 2.24. The number of carbonyl (C=O) groups is 2. The van der Waals surface area contributed by atoms with Crippen LogP contribution in [0.4, 0.5) is 4.39 Å². The molecular formula is C26H26FNO5. The minimum Gasteiger partial charge on any atom is -0.489 e. The van der Waals surface area contributed by atoms with Crippen LogP contribution in [0.25, 0.3) is 11.3 Å². The van der Waals surface area contributed by atoms with Crippen molar-refractivity contribution in [2.24, 2.45) is 0 Å². The average molecular weight is 451 g/mol. The zero-order valence-electron chi connectivity index (χ0n) is 18.6. The van der Waals surface area contributed by atoms with Gasteiger partial charge in [0.25, 0.3) is 5.91 Å². The number of ether oxygens (including phenoxy) is 1. The lowest BCUT2D eigenvalue weighted by Gasteiger charge is -2.19. The Morgan fingerprint density at radius 2 is 1.88 bits per heavy atom. The van der Waals surface area contributed by atoms with E-state index in [9.17, 15) is 14.0 Å². The maximum absolute atomic E-state index is 13.9. The number of furan rings is 1. The highest BCUT2D eigenvalue weighted by Gasteiger charge is 2.15. The Morgan fingerprint density at radius 3 is 2.55 bits per heavy atom. The second-order valence-electron chi connectivity index (χ2n) is 7.72. The van der Waals surface area contributed by atoms with E-state index < -0.39 is 11.8 Å². The van der Waals surface area contributed by atoms with Gasteiger partial charge in [-0.2, -0.15) is 0 Å². The molecule has 0 spiro atoms. The first kappa shape index (κ1) is 23.8. The van der Waals surface area contributed by atoms with E-state index in [-0.39, 0.29) is 25.5 Å². The highest BCUT2D eigenvalue weighted by molar-refractivity contribution is 5.94. The molecule has 0 bridgehead atoms. The van der Waals surface area contributed by atoms with Crippen LogP contribution in [-0.2, 0) is 11.3 Å². The molecule has 0 saturated carbocycles. The molecule has 0 aliphatic heterocycles. The molecule has 1 N–H and O–H groups in total. The predicted molar refractivity (Wildman–Crippen MR) is 122 cm³/mol. The number of amides is 1. The van der Waals surface area contributed by atoms with Crippen molar-refractivity contribution in [1.29, 1.82) is 0 Å². The lowest BCUT2D eigenvalue weighted by molar-refractivity contribution is -0.136. The Balaban J connectivity index is 1.65. The van der Waals surface area contributed by atoms with E-state index in [1.807, 2.05) is 25.1 Å². The Labute approximate surface area is 191 Å². The topological polar surface area (TPSA) is 80.0 Å². The van der Waals surface area contributed by atoms with Crippen molar-refractivity contribution < 1.29 is 28.2 Å². The molecule has 7 heteroatoms. The van der Waals surface area contributed by atoms with Gasteiger partial charge in [0, 0.05) is 36.7 Å². The average Bonchev–Trinajstić information content (AvgIpc) is 3.33. The lowest BCUT2D eigenvalue weighted by Crippen LogP contribution is -2.26. The smallest absolute Gasteiger partial charge is 0.303 e. The van der Waals surface area contributed by atoms with Gasteiger partial charge < -0.3 is 19.2 Å². The SMILES string of the molecule is C/C(=C\COc1ccc(F)cc1CN(C)C(=O)c1ccc(-c2ccco2)cc1)CCC(=O)O. The number of benzene rings is 2. The second kappa shape index (κ2) is 11.1. The van der Waals surface area contributed by atoms with Crippen molar-refractivity contribution in [3.63, 3.8) is 0 Å². The third-order valence-electron chi connectivity index (χ3n) is 5.12. The summed E-state index contributed by atoms with van der Waals surface area (Å²) >= 11 is 0. The van der Waals surface area contributed by atoms with Crippen molar-refractivity contribution >= 4 is 11.9 Å². The van der Waals surface area contributed by atoms with E-state index in [0.717, 1.165) is 16.9 Å². The number of rotatable bonds is 10. The molecule has 3 aromatic rings. The minimum absolute atomic E-state index is 0.0551. The van der Waals surface area contributed by atoms with Crippen LogP contribution in [0, 0.1) is 5.82 Å². The van der Waals surface area contributed by atoms with E-state index in [0.29, 0.717) is 23.3 Å². The molecule has 0 aliphatic carbocycles. The number of nitrogens with zero attached hydrogens (tertiary/aromatic N) is 1. The summed E-state index contributed by atoms with van der Waals surface area (Å²) in [6.45, 7) is 2.21. The minimum atomic E-state index is -0.854. The Morgan fingerprint density at radius 1 is 1.12 bits per heavy atom. The highest BCUT2D eigenvalue weighted by atomic mass is 19.1. The molecular weight excluding hydrogens is 425 g/mol. The van der Waals surface area contributed by atoms with Crippen LogP contribution in [0.2, 0.25) is 0 Å². The van der Waals surface area contributed by atoms with Crippen molar-refractivity contribution in [2.45, 2.75) is 26.3 Å². The second-order valence-corrected chi connectivity index (χ2v) is 7.72. The van der Waals surface area contributed by atoms with Crippen LogP contribution < -0.4 is 4.74 Å². The Kier molecular flexibility index (Phi) is 8.02. The summed E-state index contributed by atoms with van der Waals surface area (Å²) in [6, 6.07) is 14.9. The van der Waals surface area contributed by atoms with Crippen molar-refractivity contribution in [3.05, 3.63) is 89.5 Å². The zero-order valence-corrected chi connectivity index (χ0v) is 18.6. The van der Waals surface area contributed by atoms with Gasteiger partial charge in [-0.15, -0.1) is 0 Å². The van der Waals surface area contributed by atoms with Gasteiger partial charge in [-0.3, -0.25) is 9.59 Å². The first-order valence-corrected chi connectivity index (χ1v) is 10.5. The van der Waals surface area contributed by atoms with Gasteiger partial charge in [-0.05, 0) is 61.9 Å². The lowest BCUT2D eigenvalue weighted by atomic mass is 10.1. The molecule has 0 unspecified atom stereocenters. The summed E-state index contributed by atoms with van der Waals surface area (Å²) in [5, 5.41) is 8.77. The van der Waals surface area contributed by atoms with Crippen LogP contribution in [0.15, 0.2) is 76.9 Å². The Hall–Kier alpha value is -3.87. The standard InChI is InChI=1S/C26H26FNO5/c1-18(5-12-25(29)30)13-15-33-24-11-10-22(27)16-21(24)17-28(2)26(31)20-8-6-19(7-9-20)23-4-3-14-32-23/h3-4,6-11,13-14,16H,5,12,15,17H2,1-2H3,(H,29,30)/b18-13+. The summed E-state index contributed by atoms with van der Waals surface area (Å²) in [4.78, 5) is 25.1. The first-order chi connectivity index (χ1) is 15.8. The maximum Gasteiger partial charge on any atom is 0.303 e. The predicted octanol–water partition coefficient (Wildman–Crippen LogP) is 5.55. The normalized spacial score (nSPS) is 11.3. The maximum atomic E-state index is 13.9. The number of halogens is 1. The van der Waals surface area contributed by atoms with E-state index in [2.05, 4.69) is 0 Å². The molecule has 0 saturated heterocycles. The van der Waals surface area contributed by atoms with Gasteiger partial charge >= 0.3 is 5.97 Å². The molecule has 0 atom stereocenters. The van der Waals surface area contributed by atoms with E-state index >= 15 is 0 Å². The van der Waals surface area contributed by atoms with Gasteiger partial charge in [-0.1, -0.05) is 17.7 Å². The monoisotopic (exact) mass is 451 g/mol. The summed E-state index contributed by atoms with van der Waals surface area (Å²) in [6.07, 6.45) is 3.88. The van der Waals surface area contributed by atoms with Gasteiger partial charge in [0.05, 0.1) is 6.26 Å².